The van der Waals surface area contributed by atoms with Crippen LogP contribution in [0.5, 0.6) is 5.75 Å². The van der Waals surface area contributed by atoms with Gasteiger partial charge in [0.25, 0.3) is 5.56 Å². The average molecular weight is 473 g/mol. The Balaban J connectivity index is 1.46. The third-order valence-corrected chi connectivity index (χ3v) is 8.47. The molecule has 3 aliphatic rings. The lowest BCUT2D eigenvalue weighted by atomic mass is 10.0. The van der Waals surface area contributed by atoms with Crippen molar-refractivity contribution in [2.45, 2.75) is 51.1 Å². The monoisotopic (exact) mass is 472 g/mol. The molecule has 1 aliphatic heterocycles. The molecule has 0 bridgehead atoms. The molecule has 2 unspecified atom stereocenters. The molecular formula is C24H29FN4O3S. The number of rotatable bonds is 7. The van der Waals surface area contributed by atoms with Crippen LogP contribution in [0.2, 0.25) is 0 Å². The van der Waals surface area contributed by atoms with Crippen LogP contribution in [-0.2, 0) is 0 Å². The summed E-state index contributed by atoms with van der Waals surface area (Å²) in [5.74, 6) is 1.18. The molecular weight excluding hydrogens is 443 g/mol. The molecule has 3 aromatic rings. The number of hydrogen-bond acceptors (Lipinski definition) is 6. The van der Waals surface area contributed by atoms with E-state index in [9.17, 15) is 9.59 Å². The Morgan fingerprint density at radius 1 is 1.27 bits per heavy atom. The number of fused-ring (bicyclic) bond motifs is 2. The molecule has 0 radical (unpaired) electrons. The number of H-pyrrole nitrogens is 1. The van der Waals surface area contributed by atoms with Crippen molar-refractivity contribution in [2.24, 2.45) is 11.8 Å². The molecule has 3 fully saturated rings. The van der Waals surface area contributed by atoms with Gasteiger partial charge in [0.15, 0.2) is 11.6 Å². The first-order chi connectivity index (χ1) is 16.0. The standard InChI is InChI=1S/C24H29FN4O3S/c1-12(26-10-13-3-4-13)14-7-8-28(11-14)20-17(25)9-16-19(22(20)32-2)29(15-5-6-15)24-18(21(16)30)23(31)27-33-24/h9,12-15,26H,3-8,10-11H2,1-2H3,(H,27,31). The van der Waals surface area contributed by atoms with Crippen LogP contribution in [0.3, 0.4) is 0 Å². The zero-order chi connectivity index (χ0) is 22.9. The zero-order valence-electron chi connectivity index (χ0n) is 18.9. The van der Waals surface area contributed by atoms with E-state index in [1.54, 1.807) is 0 Å². The summed E-state index contributed by atoms with van der Waals surface area (Å²) in [6.07, 6.45) is 5.55. The van der Waals surface area contributed by atoms with Crippen LogP contribution in [0.1, 0.15) is 45.1 Å². The van der Waals surface area contributed by atoms with Crippen molar-refractivity contribution >= 4 is 38.3 Å². The third-order valence-electron chi connectivity index (χ3n) is 7.58. The third kappa shape index (κ3) is 3.47. The topological polar surface area (TPSA) is 79.4 Å². The number of aromatic nitrogens is 2. The minimum absolute atomic E-state index is 0.116. The van der Waals surface area contributed by atoms with Crippen molar-refractivity contribution in [1.29, 1.82) is 0 Å². The number of nitrogens with one attached hydrogen (secondary N) is 2. The molecule has 1 aromatic carbocycles. The van der Waals surface area contributed by atoms with Crippen LogP contribution in [0, 0.1) is 17.7 Å². The second-order valence-electron chi connectivity index (χ2n) is 9.92. The van der Waals surface area contributed by atoms with E-state index in [2.05, 4.69) is 21.5 Å². The minimum Gasteiger partial charge on any atom is -0.492 e. The minimum atomic E-state index is -0.468. The summed E-state index contributed by atoms with van der Waals surface area (Å²) in [6.45, 7) is 4.77. The maximum Gasteiger partial charge on any atom is 0.271 e. The van der Waals surface area contributed by atoms with Crippen molar-refractivity contribution in [3.63, 3.8) is 0 Å². The van der Waals surface area contributed by atoms with E-state index >= 15 is 4.39 Å². The Morgan fingerprint density at radius 2 is 2.06 bits per heavy atom. The summed E-state index contributed by atoms with van der Waals surface area (Å²) < 4.78 is 26.1. The summed E-state index contributed by atoms with van der Waals surface area (Å²) in [6, 6.07) is 1.87. The van der Waals surface area contributed by atoms with E-state index in [1.165, 1.54) is 37.6 Å². The SMILES string of the molecule is COc1c(N2CCC(C(C)NCC3CC3)C2)c(F)cc2c(=O)c3c(=O)[nH]sc3n(C3CC3)c12. The fraction of sp³-hybridized carbons (Fsp3) is 0.583. The van der Waals surface area contributed by atoms with Crippen molar-refractivity contribution < 1.29 is 9.13 Å². The number of methoxy groups -OCH3 is 1. The van der Waals surface area contributed by atoms with Crippen LogP contribution in [0.4, 0.5) is 10.1 Å². The Morgan fingerprint density at radius 3 is 2.76 bits per heavy atom. The molecule has 3 heterocycles. The molecule has 9 heteroatoms. The molecule has 0 spiro atoms. The van der Waals surface area contributed by atoms with Gasteiger partial charge in [-0.05, 0) is 75.0 Å². The van der Waals surface area contributed by atoms with Gasteiger partial charge in [-0.3, -0.25) is 14.0 Å². The van der Waals surface area contributed by atoms with E-state index in [-0.39, 0.29) is 16.8 Å². The molecule has 33 heavy (non-hydrogen) atoms. The summed E-state index contributed by atoms with van der Waals surface area (Å²) in [7, 11) is 1.54. The summed E-state index contributed by atoms with van der Waals surface area (Å²) >= 11 is 1.17. The first-order valence-electron chi connectivity index (χ1n) is 11.9. The predicted molar refractivity (Wildman–Crippen MR) is 130 cm³/mol. The van der Waals surface area contributed by atoms with Crippen molar-refractivity contribution in [2.75, 3.05) is 31.6 Å². The van der Waals surface area contributed by atoms with E-state index in [4.69, 9.17) is 4.74 Å². The summed E-state index contributed by atoms with van der Waals surface area (Å²) in [5.41, 5.74) is 0.195. The van der Waals surface area contributed by atoms with E-state index in [1.807, 2.05) is 4.57 Å². The fourth-order valence-electron chi connectivity index (χ4n) is 5.33. The van der Waals surface area contributed by atoms with Gasteiger partial charge >= 0.3 is 0 Å². The van der Waals surface area contributed by atoms with Crippen LogP contribution in [0.25, 0.3) is 21.1 Å². The first-order valence-corrected chi connectivity index (χ1v) is 12.7. The van der Waals surface area contributed by atoms with Gasteiger partial charge < -0.3 is 19.5 Å². The van der Waals surface area contributed by atoms with Gasteiger partial charge in [0.05, 0.1) is 18.0 Å². The van der Waals surface area contributed by atoms with Crippen molar-refractivity contribution in [3.05, 3.63) is 32.5 Å². The van der Waals surface area contributed by atoms with Crippen LogP contribution < -0.4 is 25.9 Å². The normalized spacial score (nSPS) is 21.9. The molecule has 7 nitrogen and oxygen atoms in total. The molecule has 2 aromatic heterocycles. The smallest absolute Gasteiger partial charge is 0.271 e. The van der Waals surface area contributed by atoms with Crippen LogP contribution in [-0.4, -0.2) is 41.7 Å². The number of aromatic amines is 1. The number of benzene rings is 1. The summed E-state index contributed by atoms with van der Waals surface area (Å²) in [5, 5.41) is 4.00. The number of ether oxygens (including phenoxy) is 1. The van der Waals surface area contributed by atoms with Crippen molar-refractivity contribution in [3.8, 4) is 5.75 Å². The van der Waals surface area contributed by atoms with E-state index in [0.29, 0.717) is 33.7 Å². The van der Waals surface area contributed by atoms with Gasteiger partial charge in [-0.15, -0.1) is 0 Å². The van der Waals surface area contributed by atoms with Gasteiger partial charge in [-0.2, -0.15) is 0 Å². The second-order valence-corrected chi connectivity index (χ2v) is 10.7. The number of pyridine rings is 1. The molecule has 2 aliphatic carbocycles. The number of nitrogens with zero attached hydrogens (tertiary/aromatic N) is 2. The Kier molecular flexibility index (Phi) is 5.03. The van der Waals surface area contributed by atoms with Gasteiger partial charge in [0.1, 0.15) is 15.9 Å². The predicted octanol–water partition coefficient (Wildman–Crippen LogP) is 3.60. The molecule has 2 atom stereocenters. The molecule has 2 N–H and O–H groups in total. The highest BCUT2D eigenvalue weighted by atomic mass is 32.1. The Hall–Kier alpha value is -2.39. The molecule has 1 saturated heterocycles. The van der Waals surface area contributed by atoms with Crippen molar-refractivity contribution in [1.82, 2.24) is 14.3 Å². The highest BCUT2D eigenvalue weighted by molar-refractivity contribution is 7.12. The van der Waals surface area contributed by atoms with Gasteiger partial charge in [-0.25, -0.2) is 4.39 Å². The van der Waals surface area contributed by atoms with Gasteiger partial charge in [0.2, 0.25) is 5.43 Å². The number of hydrogen-bond donors (Lipinski definition) is 2. The Bertz CT molecular complexity index is 1350. The zero-order valence-corrected chi connectivity index (χ0v) is 19.8. The highest BCUT2D eigenvalue weighted by Gasteiger charge is 2.35. The largest absolute Gasteiger partial charge is 0.492 e. The lowest BCUT2D eigenvalue weighted by molar-refractivity contribution is 0.394. The molecule has 6 rings (SSSR count). The van der Waals surface area contributed by atoms with Gasteiger partial charge in [0, 0.05) is 25.2 Å². The quantitative estimate of drug-likeness (QED) is 0.549. The summed E-state index contributed by atoms with van der Waals surface area (Å²) in [4.78, 5) is 28.3. The number of anilines is 1. The molecule has 2 saturated carbocycles. The second kappa shape index (κ2) is 7.84. The van der Waals surface area contributed by atoms with Crippen LogP contribution >= 0.6 is 11.5 Å². The van der Waals surface area contributed by atoms with Gasteiger partial charge in [-0.1, -0.05) is 0 Å². The van der Waals surface area contributed by atoms with E-state index < -0.39 is 16.8 Å². The lowest BCUT2D eigenvalue weighted by Crippen LogP contribution is -2.36. The van der Waals surface area contributed by atoms with E-state index in [0.717, 1.165) is 44.8 Å². The lowest BCUT2D eigenvalue weighted by Gasteiger charge is -2.26. The average Bonchev–Trinajstić information content (AvgIpc) is 3.73. The molecule has 176 valence electrons. The van der Waals surface area contributed by atoms with Crippen LogP contribution in [0.15, 0.2) is 15.7 Å². The first kappa shape index (κ1) is 21.2. The maximum atomic E-state index is 15.6. The Labute approximate surface area is 194 Å². The maximum absolute atomic E-state index is 15.6. The molecule has 0 amide bonds. The fourth-order valence-corrected chi connectivity index (χ4v) is 6.25. The highest BCUT2D eigenvalue weighted by Crippen LogP contribution is 2.46. The number of halogens is 1.